The minimum absolute atomic E-state index is 0.119. The Balaban J connectivity index is 1.74. The number of benzene rings is 1. The van der Waals surface area contributed by atoms with Crippen LogP contribution in [0.3, 0.4) is 0 Å². The molecule has 0 radical (unpaired) electrons. The second-order valence-electron chi connectivity index (χ2n) is 8.42. The fraction of sp³-hybridized carbons (Fsp3) is 0.400. The molecule has 6 heteroatoms. The molecular formula is C25H29N3O3. The van der Waals surface area contributed by atoms with Crippen LogP contribution in [0, 0.1) is 31.1 Å². The third kappa shape index (κ3) is 4.72. The van der Waals surface area contributed by atoms with Crippen LogP contribution in [0.15, 0.2) is 35.9 Å². The number of nitrogens with zero attached hydrogens (tertiary/aromatic N) is 3. The number of hydrogen-bond donors (Lipinski definition) is 0. The molecule has 1 aliphatic heterocycles. The van der Waals surface area contributed by atoms with Crippen LogP contribution in [0.4, 0.5) is 5.69 Å². The molecule has 3 rings (SSSR count). The molecule has 0 N–H and O–H groups in total. The first kappa shape index (κ1) is 22.4. The van der Waals surface area contributed by atoms with E-state index in [1.165, 1.54) is 0 Å². The summed E-state index contributed by atoms with van der Waals surface area (Å²) in [7, 11) is 0. The standard InChI is InChI=1S/C25H29N3O3/c1-16(2)15-28-17(3)12-21(18(28)4)13-22(14-26)25(30)31-19(5)24(29)27-11-10-20-8-6-7-9-23(20)27/h6-9,12-13,16,19H,10-11,15H2,1-5H3/b22-13+/t19-/m1/s1. The van der Waals surface area contributed by atoms with E-state index in [0.29, 0.717) is 12.5 Å². The van der Waals surface area contributed by atoms with Crippen molar-refractivity contribution in [2.45, 2.75) is 53.7 Å². The van der Waals surface area contributed by atoms with Crippen molar-refractivity contribution in [1.29, 1.82) is 5.26 Å². The van der Waals surface area contributed by atoms with E-state index in [1.807, 2.05) is 50.2 Å². The molecule has 1 amide bonds. The number of fused-ring (bicyclic) bond motifs is 1. The molecule has 2 heterocycles. The summed E-state index contributed by atoms with van der Waals surface area (Å²) in [5, 5.41) is 9.54. The minimum Gasteiger partial charge on any atom is -0.448 e. The molecule has 1 atom stereocenters. The molecule has 0 fully saturated rings. The van der Waals surface area contributed by atoms with E-state index in [9.17, 15) is 14.9 Å². The number of rotatable bonds is 6. The van der Waals surface area contributed by atoms with Gasteiger partial charge in [-0.1, -0.05) is 32.0 Å². The highest BCUT2D eigenvalue weighted by atomic mass is 16.5. The molecule has 6 nitrogen and oxygen atoms in total. The van der Waals surface area contributed by atoms with Crippen molar-refractivity contribution >= 4 is 23.6 Å². The van der Waals surface area contributed by atoms with E-state index in [0.717, 1.165) is 41.2 Å². The molecular weight excluding hydrogens is 390 g/mol. The lowest BCUT2D eigenvalue weighted by molar-refractivity contribution is -0.149. The van der Waals surface area contributed by atoms with Crippen LogP contribution in [0.2, 0.25) is 0 Å². The average Bonchev–Trinajstić information content (AvgIpc) is 3.27. The number of nitriles is 1. The summed E-state index contributed by atoms with van der Waals surface area (Å²) in [6.07, 6.45) is 1.34. The fourth-order valence-electron chi connectivity index (χ4n) is 3.97. The van der Waals surface area contributed by atoms with E-state index < -0.39 is 12.1 Å². The van der Waals surface area contributed by atoms with Gasteiger partial charge in [0.15, 0.2) is 6.10 Å². The second-order valence-corrected chi connectivity index (χ2v) is 8.42. The number of amides is 1. The molecule has 0 bridgehead atoms. The van der Waals surface area contributed by atoms with Crippen LogP contribution in [-0.2, 0) is 27.3 Å². The summed E-state index contributed by atoms with van der Waals surface area (Å²) < 4.78 is 7.55. The number of anilines is 1. The van der Waals surface area contributed by atoms with Crippen LogP contribution < -0.4 is 4.90 Å². The zero-order chi connectivity index (χ0) is 22.7. The highest BCUT2D eigenvalue weighted by Gasteiger charge is 2.30. The normalized spacial score (nSPS) is 14.4. The monoisotopic (exact) mass is 419 g/mol. The molecule has 0 saturated heterocycles. The Bertz CT molecular complexity index is 1070. The quantitative estimate of drug-likeness (QED) is 0.400. The van der Waals surface area contributed by atoms with E-state index in [4.69, 9.17) is 4.74 Å². The number of hydrogen-bond acceptors (Lipinski definition) is 4. The lowest BCUT2D eigenvalue weighted by Crippen LogP contribution is -2.39. The minimum atomic E-state index is -0.983. The van der Waals surface area contributed by atoms with E-state index in [-0.39, 0.29) is 11.5 Å². The molecule has 1 aromatic carbocycles. The van der Waals surface area contributed by atoms with Crippen molar-refractivity contribution in [2.24, 2.45) is 5.92 Å². The van der Waals surface area contributed by atoms with Crippen molar-refractivity contribution in [2.75, 3.05) is 11.4 Å². The van der Waals surface area contributed by atoms with Gasteiger partial charge in [0.2, 0.25) is 0 Å². The number of carbonyl (C=O) groups excluding carboxylic acids is 2. The topological polar surface area (TPSA) is 75.3 Å². The number of ether oxygens (including phenoxy) is 1. The van der Waals surface area contributed by atoms with Gasteiger partial charge in [0.05, 0.1) is 0 Å². The Morgan fingerprint density at radius 3 is 2.61 bits per heavy atom. The van der Waals surface area contributed by atoms with Gasteiger partial charge in [0.25, 0.3) is 5.91 Å². The molecule has 0 spiro atoms. The maximum absolute atomic E-state index is 12.9. The van der Waals surface area contributed by atoms with Gasteiger partial charge in [-0.15, -0.1) is 0 Å². The molecule has 31 heavy (non-hydrogen) atoms. The van der Waals surface area contributed by atoms with Crippen LogP contribution >= 0.6 is 0 Å². The molecule has 1 aromatic heterocycles. The highest BCUT2D eigenvalue weighted by molar-refractivity contribution is 6.02. The summed E-state index contributed by atoms with van der Waals surface area (Å²) in [6.45, 7) is 11.2. The Kier molecular flexibility index (Phi) is 6.65. The molecule has 0 aliphatic carbocycles. The van der Waals surface area contributed by atoms with Crippen molar-refractivity contribution in [3.8, 4) is 6.07 Å². The number of aromatic nitrogens is 1. The fourth-order valence-corrected chi connectivity index (χ4v) is 3.97. The molecule has 0 unspecified atom stereocenters. The van der Waals surface area contributed by atoms with Gasteiger partial charge in [-0.25, -0.2) is 4.79 Å². The molecule has 1 aliphatic rings. The first-order chi connectivity index (χ1) is 14.7. The number of esters is 1. The predicted octanol–water partition coefficient (Wildman–Crippen LogP) is 4.19. The van der Waals surface area contributed by atoms with Gasteiger partial charge >= 0.3 is 5.97 Å². The van der Waals surface area contributed by atoms with Gasteiger partial charge in [-0.2, -0.15) is 5.26 Å². The van der Waals surface area contributed by atoms with Crippen LogP contribution in [0.5, 0.6) is 0 Å². The smallest absolute Gasteiger partial charge is 0.349 e. The Labute approximate surface area is 183 Å². The summed E-state index contributed by atoms with van der Waals surface area (Å²) in [4.78, 5) is 27.1. The van der Waals surface area contributed by atoms with Crippen molar-refractivity contribution < 1.29 is 14.3 Å². The zero-order valence-electron chi connectivity index (χ0n) is 18.8. The Morgan fingerprint density at radius 1 is 1.23 bits per heavy atom. The van der Waals surface area contributed by atoms with Gasteiger partial charge in [-0.05, 0) is 62.4 Å². The van der Waals surface area contributed by atoms with E-state index >= 15 is 0 Å². The highest BCUT2D eigenvalue weighted by Crippen LogP contribution is 2.28. The molecule has 2 aromatic rings. The van der Waals surface area contributed by atoms with Gasteiger partial charge in [-0.3, -0.25) is 4.79 Å². The largest absolute Gasteiger partial charge is 0.448 e. The van der Waals surface area contributed by atoms with E-state index in [1.54, 1.807) is 17.9 Å². The van der Waals surface area contributed by atoms with Gasteiger partial charge in [0, 0.05) is 30.2 Å². The summed E-state index contributed by atoms with van der Waals surface area (Å²) >= 11 is 0. The predicted molar refractivity (Wildman–Crippen MR) is 120 cm³/mol. The summed E-state index contributed by atoms with van der Waals surface area (Å²) in [6, 6.07) is 11.6. The second kappa shape index (κ2) is 9.22. The third-order valence-corrected chi connectivity index (χ3v) is 5.59. The lowest BCUT2D eigenvalue weighted by atomic mass is 10.1. The SMILES string of the molecule is Cc1cc(/C=C(\C#N)C(=O)O[C@H](C)C(=O)N2CCc3ccccc32)c(C)n1CC(C)C. The van der Waals surface area contributed by atoms with Crippen LogP contribution in [-0.4, -0.2) is 29.1 Å². The lowest BCUT2D eigenvalue weighted by Gasteiger charge is -2.21. The van der Waals surface area contributed by atoms with Crippen molar-refractivity contribution in [1.82, 2.24) is 4.57 Å². The first-order valence-electron chi connectivity index (χ1n) is 10.6. The van der Waals surface area contributed by atoms with Crippen molar-refractivity contribution in [3.05, 3.63) is 58.4 Å². The summed E-state index contributed by atoms with van der Waals surface area (Å²) in [5.74, 6) is -0.597. The molecule has 162 valence electrons. The van der Waals surface area contributed by atoms with E-state index in [2.05, 4.69) is 18.4 Å². The number of carbonyl (C=O) groups is 2. The maximum Gasteiger partial charge on any atom is 0.349 e. The number of para-hydroxylation sites is 1. The number of aryl methyl sites for hydroxylation is 1. The maximum atomic E-state index is 12.9. The average molecular weight is 420 g/mol. The third-order valence-electron chi connectivity index (χ3n) is 5.59. The van der Waals surface area contributed by atoms with Crippen LogP contribution in [0.25, 0.3) is 6.08 Å². The molecule has 0 saturated carbocycles. The van der Waals surface area contributed by atoms with Gasteiger partial charge < -0.3 is 14.2 Å². The first-order valence-corrected chi connectivity index (χ1v) is 10.6. The Morgan fingerprint density at radius 2 is 1.94 bits per heavy atom. The van der Waals surface area contributed by atoms with Crippen molar-refractivity contribution in [3.63, 3.8) is 0 Å². The summed E-state index contributed by atoms with van der Waals surface area (Å²) in [5.41, 5.74) is 4.70. The zero-order valence-corrected chi connectivity index (χ0v) is 18.8. The van der Waals surface area contributed by atoms with Crippen LogP contribution in [0.1, 0.15) is 43.3 Å². The Hall–Kier alpha value is -3.33. The van der Waals surface area contributed by atoms with Gasteiger partial charge in [0.1, 0.15) is 11.6 Å².